The van der Waals surface area contributed by atoms with Crippen molar-refractivity contribution in [3.05, 3.63) is 34.6 Å². The Hall–Kier alpha value is -0.770. The third-order valence-electron chi connectivity index (χ3n) is 4.60. The highest BCUT2D eigenvalue weighted by atomic mass is 35.5. The molecule has 0 unspecified atom stereocenters. The lowest BCUT2D eigenvalue weighted by molar-refractivity contribution is 0.0574. The van der Waals surface area contributed by atoms with Crippen molar-refractivity contribution in [1.29, 1.82) is 0 Å². The van der Waals surface area contributed by atoms with Crippen LogP contribution in [0.2, 0.25) is 5.02 Å². The number of benzene rings is 1. The average Bonchev–Trinajstić information content (AvgIpc) is 2.58. The maximum atomic E-state index is 13.9. The molecule has 1 aromatic rings. The van der Waals surface area contributed by atoms with Crippen LogP contribution in [-0.4, -0.2) is 53.1 Å². The minimum atomic E-state index is -3.77. The van der Waals surface area contributed by atoms with Crippen LogP contribution >= 0.6 is 11.6 Å². The van der Waals surface area contributed by atoms with E-state index in [1.807, 2.05) is 0 Å². The summed E-state index contributed by atoms with van der Waals surface area (Å²) in [6.07, 6.45) is 1.65. The third-order valence-corrected chi connectivity index (χ3v) is 6.41. The summed E-state index contributed by atoms with van der Waals surface area (Å²) in [6, 6.07) is 4.29. The molecular formula is C16H25ClFN3O3S. The molecule has 0 amide bonds. The first-order valence-electron chi connectivity index (χ1n) is 8.13. The van der Waals surface area contributed by atoms with E-state index in [0.29, 0.717) is 6.61 Å². The Bertz CT molecular complexity index is 655. The summed E-state index contributed by atoms with van der Waals surface area (Å²) >= 11 is 5.98. The van der Waals surface area contributed by atoms with Crippen molar-refractivity contribution in [1.82, 2.24) is 14.3 Å². The number of hydrogen-bond donors (Lipinski definition) is 2. The topological polar surface area (TPSA) is 70.7 Å². The van der Waals surface area contributed by atoms with Crippen molar-refractivity contribution >= 4 is 21.8 Å². The molecule has 0 aromatic heterocycles. The second kappa shape index (κ2) is 8.75. The van der Waals surface area contributed by atoms with Crippen molar-refractivity contribution in [2.24, 2.45) is 5.41 Å². The van der Waals surface area contributed by atoms with Crippen molar-refractivity contribution in [2.45, 2.75) is 19.4 Å². The van der Waals surface area contributed by atoms with Gasteiger partial charge in [-0.2, -0.15) is 12.7 Å². The van der Waals surface area contributed by atoms with Crippen LogP contribution in [0.5, 0.6) is 0 Å². The molecule has 1 aliphatic heterocycles. The van der Waals surface area contributed by atoms with E-state index in [1.54, 1.807) is 7.11 Å². The van der Waals surface area contributed by atoms with Crippen molar-refractivity contribution < 1.29 is 17.5 Å². The van der Waals surface area contributed by atoms with E-state index in [2.05, 4.69) is 10.0 Å². The van der Waals surface area contributed by atoms with Crippen LogP contribution in [0.1, 0.15) is 18.4 Å². The van der Waals surface area contributed by atoms with E-state index in [9.17, 15) is 12.8 Å². The molecule has 6 nitrogen and oxygen atoms in total. The SMILES string of the molecule is COCC1(CNS(=O)(=O)N(C)Cc2c(F)cccc2Cl)CCNCC1. The maximum Gasteiger partial charge on any atom is 0.279 e. The van der Waals surface area contributed by atoms with E-state index in [0.717, 1.165) is 30.2 Å². The number of piperidine rings is 1. The summed E-state index contributed by atoms with van der Waals surface area (Å²) < 4.78 is 48.0. The van der Waals surface area contributed by atoms with Crippen molar-refractivity contribution in [3.8, 4) is 0 Å². The van der Waals surface area contributed by atoms with Gasteiger partial charge in [0.05, 0.1) is 6.61 Å². The predicted octanol–water partition coefficient (Wildman–Crippen LogP) is 1.76. The fraction of sp³-hybridized carbons (Fsp3) is 0.625. The zero-order valence-corrected chi connectivity index (χ0v) is 16.1. The molecule has 1 aromatic carbocycles. The Labute approximate surface area is 153 Å². The van der Waals surface area contributed by atoms with Gasteiger partial charge in [-0.05, 0) is 38.1 Å². The average molecular weight is 394 g/mol. The molecule has 2 rings (SSSR count). The molecule has 0 aliphatic carbocycles. The molecule has 1 aliphatic rings. The van der Waals surface area contributed by atoms with Gasteiger partial charge in [-0.3, -0.25) is 0 Å². The molecule has 0 saturated carbocycles. The molecular weight excluding hydrogens is 369 g/mol. The molecule has 1 heterocycles. The molecule has 142 valence electrons. The largest absolute Gasteiger partial charge is 0.384 e. The number of nitrogens with zero attached hydrogens (tertiary/aromatic N) is 1. The number of halogens is 2. The highest BCUT2D eigenvalue weighted by Gasteiger charge is 2.34. The Morgan fingerprint density at radius 2 is 2.08 bits per heavy atom. The summed E-state index contributed by atoms with van der Waals surface area (Å²) in [6.45, 7) is 2.28. The molecule has 0 atom stereocenters. The molecule has 25 heavy (non-hydrogen) atoms. The minimum absolute atomic E-state index is 0.139. The van der Waals surface area contributed by atoms with Gasteiger partial charge in [-0.1, -0.05) is 17.7 Å². The minimum Gasteiger partial charge on any atom is -0.384 e. The molecule has 1 saturated heterocycles. The lowest BCUT2D eigenvalue weighted by atomic mass is 9.80. The van der Waals surface area contributed by atoms with Crippen LogP contribution in [0.25, 0.3) is 0 Å². The van der Waals surface area contributed by atoms with Gasteiger partial charge >= 0.3 is 0 Å². The number of rotatable bonds is 8. The molecule has 0 spiro atoms. The second-order valence-corrected chi connectivity index (χ2v) is 8.73. The van der Waals surface area contributed by atoms with E-state index < -0.39 is 16.0 Å². The summed E-state index contributed by atoms with van der Waals surface area (Å²) in [5.74, 6) is -0.524. The third kappa shape index (κ3) is 5.35. The summed E-state index contributed by atoms with van der Waals surface area (Å²) in [5, 5.41) is 3.47. The normalized spacial score (nSPS) is 17.8. The zero-order chi connectivity index (χ0) is 18.5. The van der Waals surface area contributed by atoms with E-state index in [-0.39, 0.29) is 29.1 Å². The van der Waals surface area contributed by atoms with E-state index in [1.165, 1.54) is 25.2 Å². The van der Waals surface area contributed by atoms with Gasteiger partial charge in [0.2, 0.25) is 0 Å². The predicted molar refractivity (Wildman–Crippen MR) is 96.2 cm³/mol. The highest BCUT2D eigenvalue weighted by Crippen LogP contribution is 2.29. The number of ether oxygens (including phenoxy) is 1. The monoisotopic (exact) mass is 393 g/mol. The van der Waals surface area contributed by atoms with Crippen molar-refractivity contribution in [2.75, 3.05) is 40.4 Å². The van der Waals surface area contributed by atoms with Gasteiger partial charge in [-0.25, -0.2) is 9.11 Å². The van der Waals surface area contributed by atoms with Gasteiger partial charge in [0.1, 0.15) is 5.82 Å². The van der Waals surface area contributed by atoms with Gasteiger partial charge in [0, 0.05) is 43.2 Å². The Morgan fingerprint density at radius 1 is 1.40 bits per heavy atom. The quantitative estimate of drug-likeness (QED) is 0.706. The van der Waals surface area contributed by atoms with Crippen LogP contribution in [0.3, 0.4) is 0 Å². The van der Waals surface area contributed by atoms with Crippen molar-refractivity contribution in [3.63, 3.8) is 0 Å². The van der Waals surface area contributed by atoms with Crippen LogP contribution in [0.4, 0.5) is 4.39 Å². The first-order chi connectivity index (χ1) is 11.8. The molecule has 2 N–H and O–H groups in total. The standard InChI is InChI=1S/C16H25ClFN3O3S/c1-21(10-13-14(17)4-3-5-15(13)18)25(22,23)20-11-16(12-24-2)6-8-19-9-7-16/h3-5,19-20H,6-12H2,1-2H3. The van der Waals surface area contributed by atoms with Crippen LogP contribution in [-0.2, 0) is 21.5 Å². The smallest absolute Gasteiger partial charge is 0.279 e. The lowest BCUT2D eigenvalue weighted by Gasteiger charge is -2.37. The number of hydrogen-bond acceptors (Lipinski definition) is 4. The van der Waals surface area contributed by atoms with Gasteiger partial charge < -0.3 is 10.1 Å². The lowest BCUT2D eigenvalue weighted by Crippen LogP contribution is -2.49. The number of methoxy groups -OCH3 is 1. The fourth-order valence-corrected chi connectivity index (χ4v) is 4.21. The van der Waals surface area contributed by atoms with E-state index >= 15 is 0 Å². The molecule has 9 heteroatoms. The molecule has 0 radical (unpaired) electrons. The summed E-state index contributed by atoms with van der Waals surface area (Å²) in [7, 11) is -0.751. The first-order valence-corrected chi connectivity index (χ1v) is 9.95. The molecule has 1 fully saturated rings. The summed E-state index contributed by atoms with van der Waals surface area (Å²) in [5.41, 5.74) is -0.0747. The molecule has 0 bridgehead atoms. The first kappa shape index (κ1) is 20.5. The fourth-order valence-electron chi connectivity index (χ4n) is 2.98. The Balaban J connectivity index is 2.04. The Morgan fingerprint density at radius 3 is 2.68 bits per heavy atom. The van der Waals surface area contributed by atoms with Gasteiger partial charge in [0.15, 0.2) is 0 Å². The highest BCUT2D eigenvalue weighted by molar-refractivity contribution is 7.87. The maximum absolute atomic E-state index is 13.9. The van der Waals surface area contributed by atoms with E-state index in [4.69, 9.17) is 16.3 Å². The van der Waals surface area contributed by atoms with Gasteiger partial charge in [-0.15, -0.1) is 0 Å². The van der Waals surface area contributed by atoms with Crippen LogP contribution < -0.4 is 10.0 Å². The Kier molecular flexibility index (Phi) is 7.19. The second-order valence-electron chi connectivity index (χ2n) is 6.47. The van der Waals surface area contributed by atoms with Gasteiger partial charge in [0.25, 0.3) is 10.2 Å². The zero-order valence-electron chi connectivity index (χ0n) is 14.5. The van der Waals surface area contributed by atoms with Crippen LogP contribution in [0.15, 0.2) is 18.2 Å². The van der Waals surface area contributed by atoms with Crippen LogP contribution in [0, 0.1) is 11.2 Å². The number of nitrogens with one attached hydrogen (secondary N) is 2. The summed E-state index contributed by atoms with van der Waals surface area (Å²) in [4.78, 5) is 0.